The molecule has 6 heteroatoms. The lowest BCUT2D eigenvalue weighted by molar-refractivity contribution is 0.0154. The Kier molecular flexibility index (Phi) is 7.38. The molecule has 2 unspecified atom stereocenters. The maximum atomic E-state index is 4.28. The van der Waals surface area contributed by atoms with Crippen molar-refractivity contribution in [2.45, 2.75) is 32.4 Å². The summed E-state index contributed by atoms with van der Waals surface area (Å²) < 4.78 is 0. The predicted molar refractivity (Wildman–Crippen MR) is 91.5 cm³/mol. The second-order valence-electron chi connectivity index (χ2n) is 5.40. The van der Waals surface area contributed by atoms with Crippen LogP contribution < -0.4 is 10.6 Å². The van der Waals surface area contributed by atoms with Crippen LogP contribution in [0.25, 0.3) is 0 Å². The van der Waals surface area contributed by atoms with Gasteiger partial charge in [-0.3, -0.25) is 14.8 Å². The highest BCUT2D eigenvalue weighted by atomic mass is 127. The van der Waals surface area contributed by atoms with Gasteiger partial charge in [0.05, 0.1) is 0 Å². The molecule has 0 spiro atoms. The minimum atomic E-state index is 0. The van der Waals surface area contributed by atoms with Crippen LogP contribution in [0.3, 0.4) is 0 Å². The van der Waals surface area contributed by atoms with Crippen LogP contribution in [0.5, 0.6) is 0 Å². The zero-order chi connectivity index (χ0) is 13.0. The molecule has 0 radical (unpaired) electrons. The van der Waals surface area contributed by atoms with Crippen LogP contribution in [0.1, 0.15) is 20.3 Å². The molecular weight excluding hydrogens is 353 g/mol. The van der Waals surface area contributed by atoms with Gasteiger partial charge in [0.15, 0.2) is 5.96 Å². The fourth-order valence-corrected chi connectivity index (χ4v) is 2.66. The summed E-state index contributed by atoms with van der Waals surface area (Å²) in [7, 11) is 1.84. The number of hydrogen-bond acceptors (Lipinski definition) is 3. The molecule has 3 aliphatic heterocycles. The standard InChI is InChI=1S/C13H27N5.HI/c1-4-11(2)16-13(14-3)15-9-12-10-17-5-7-18(12)8-6-17;/h11-12H,4-10H2,1-3H3,(H2,14,15,16);1H. The van der Waals surface area contributed by atoms with Crippen molar-refractivity contribution in [3.05, 3.63) is 0 Å². The molecule has 3 saturated heterocycles. The molecule has 0 aromatic rings. The molecule has 5 nitrogen and oxygen atoms in total. The van der Waals surface area contributed by atoms with Crippen LogP contribution in [0, 0.1) is 0 Å². The fraction of sp³-hybridized carbons (Fsp3) is 0.923. The fourth-order valence-electron chi connectivity index (χ4n) is 2.66. The van der Waals surface area contributed by atoms with Crippen molar-refractivity contribution in [2.75, 3.05) is 46.3 Å². The van der Waals surface area contributed by atoms with E-state index in [-0.39, 0.29) is 24.0 Å². The van der Waals surface area contributed by atoms with Crippen LogP contribution in [0.15, 0.2) is 4.99 Å². The summed E-state index contributed by atoms with van der Waals surface area (Å²) in [5.74, 6) is 0.932. The Morgan fingerprint density at radius 1 is 1.32 bits per heavy atom. The van der Waals surface area contributed by atoms with Crippen molar-refractivity contribution in [2.24, 2.45) is 4.99 Å². The Morgan fingerprint density at radius 3 is 2.47 bits per heavy atom. The Hall–Kier alpha value is -0.0800. The van der Waals surface area contributed by atoms with E-state index in [4.69, 9.17) is 0 Å². The van der Waals surface area contributed by atoms with Crippen molar-refractivity contribution in [3.8, 4) is 0 Å². The molecule has 19 heavy (non-hydrogen) atoms. The molecule has 112 valence electrons. The number of halogens is 1. The Balaban J connectivity index is 0.00000180. The number of rotatable bonds is 4. The van der Waals surface area contributed by atoms with Crippen LogP contribution in [0.4, 0.5) is 0 Å². The van der Waals surface area contributed by atoms with E-state index in [0.717, 1.165) is 18.9 Å². The van der Waals surface area contributed by atoms with Gasteiger partial charge in [0.2, 0.25) is 0 Å². The average molecular weight is 381 g/mol. The van der Waals surface area contributed by atoms with E-state index in [2.05, 4.69) is 39.3 Å². The molecule has 2 atom stereocenters. The maximum Gasteiger partial charge on any atom is 0.191 e. The SMILES string of the molecule is CCC(C)NC(=NC)NCC1CN2CCN1CC2.I. The monoisotopic (exact) mass is 381 g/mol. The Morgan fingerprint density at radius 2 is 2.00 bits per heavy atom. The maximum absolute atomic E-state index is 4.28. The first kappa shape index (κ1) is 17.0. The van der Waals surface area contributed by atoms with Gasteiger partial charge in [-0.25, -0.2) is 0 Å². The molecule has 2 bridgehead atoms. The van der Waals surface area contributed by atoms with Crippen LogP contribution in [0.2, 0.25) is 0 Å². The largest absolute Gasteiger partial charge is 0.355 e. The highest BCUT2D eigenvalue weighted by Crippen LogP contribution is 2.14. The summed E-state index contributed by atoms with van der Waals surface area (Å²) in [6.45, 7) is 11.5. The summed E-state index contributed by atoms with van der Waals surface area (Å²) in [5, 5.41) is 6.87. The van der Waals surface area contributed by atoms with Gasteiger partial charge in [0.1, 0.15) is 0 Å². The van der Waals surface area contributed by atoms with Gasteiger partial charge in [0.25, 0.3) is 0 Å². The van der Waals surface area contributed by atoms with Gasteiger partial charge in [-0.15, -0.1) is 24.0 Å². The van der Waals surface area contributed by atoms with Crippen LogP contribution in [-0.4, -0.2) is 74.2 Å². The molecule has 2 N–H and O–H groups in total. The van der Waals surface area contributed by atoms with Gasteiger partial charge >= 0.3 is 0 Å². The lowest BCUT2D eigenvalue weighted by Crippen LogP contribution is -2.64. The third-order valence-electron chi connectivity index (χ3n) is 4.12. The molecule has 0 aromatic carbocycles. The molecular formula is C13H28IN5. The van der Waals surface area contributed by atoms with Crippen LogP contribution in [-0.2, 0) is 0 Å². The number of fused-ring (bicyclic) bond motifs is 3. The number of hydrogen-bond donors (Lipinski definition) is 2. The number of nitrogens with one attached hydrogen (secondary N) is 2. The molecule has 0 aliphatic carbocycles. The van der Waals surface area contributed by atoms with E-state index in [1.807, 2.05) is 7.05 Å². The first-order chi connectivity index (χ1) is 8.72. The van der Waals surface area contributed by atoms with Gasteiger partial charge in [-0.2, -0.15) is 0 Å². The number of piperazine rings is 3. The van der Waals surface area contributed by atoms with Crippen molar-refractivity contribution < 1.29 is 0 Å². The molecule has 3 heterocycles. The van der Waals surface area contributed by atoms with E-state index >= 15 is 0 Å². The smallest absolute Gasteiger partial charge is 0.191 e. The third-order valence-corrected chi connectivity index (χ3v) is 4.12. The van der Waals surface area contributed by atoms with E-state index in [1.165, 1.54) is 32.7 Å². The lowest BCUT2D eigenvalue weighted by Gasteiger charge is -2.47. The quantitative estimate of drug-likeness (QED) is 0.425. The average Bonchev–Trinajstić information content (AvgIpc) is 2.44. The van der Waals surface area contributed by atoms with Gasteiger partial charge < -0.3 is 10.6 Å². The number of nitrogens with zero attached hydrogens (tertiary/aromatic N) is 3. The van der Waals surface area contributed by atoms with E-state index in [9.17, 15) is 0 Å². The molecule has 3 aliphatic rings. The minimum absolute atomic E-state index is 0. The molecule has 0 aromatic heterocycles. The van der Waals surface area contributed by atoms with Crippen molar-refractivity contribution in [3.63, 3.8) is 0 Å². The summed E-state index contributed by atoms with van der Waals surface area (Å²) in [6.07, 6.45) is 1.12. The summed E-state index contributed by atoms with van der Waals surface area (Å²) in [4.78, 5) is 9.45. The third kappa shape index (κ3) is 4.75. The highest BCUT2D eigenvalue weighted by molar-refractivity contribution is 14.0. The zero-order valence-electron chi connectivity index (χ0n) is 12.4. The zero-order valence-corrected chi connectivity index (χ0v) is 14.7. The topological polar surface area (TPSA) is 42.9 Å². The van der Waals surface area contributed by atoms with E-state index < -0.39 is 0 Å². The lowest BCUT2D eigenvalue weighted by atomic mass is 10.1. The Bertz CT molecular complexity index is 289. The van der Waals surface area contributed by atoms with Crippen LogP contribution >= 0.6 is 24.0 Å². The molecule has 0 amide bonds. The van der Waals surface area contributed by atoms with Gasteiger partial charge in [0, 0.05) is 58.4 Å². The van der Waals surface area contributed by atoms with Crippen molar-refractivity contribution in [1.82, 2.24) is 20.4 Å². The van der Waals surface area contributed by atoms with Crippen molar-refractivity contribution >= 4 is 29.9 Å². The van der Waals surface area contributed by atoms with Crippen molar-refractivity contribution in [1.29, 1.82) is 0 Å². The second-order valence-corrected chi connectivity index (χ2v) is 5.40. The highest BCUT2D eigenvalue weighted by Gasteiger charge is 2.31. The normalized spacial score (nSPS) is 31.5. The first-order valence-corrected chi connectivity index (χ1v) is 7.16. The minimum Gasteiger partial charge on any atom is -0.355 e. The summed E-state index contributed by atoms with van der Waals surface area (Å²) in [5.41, 5.74) is 0. The van der Waals surface area contributed by atoms with Gasteiger partial charge in [-0.05, 0) is 13.3 Å². The van der Waals surface area contributed by atoms with Gasteiger partial charge in [-0.1, -0.05) is 6.92 Å². The summed E-state index contributed by atoms with van der Waals surface area (Å²) in [6, 6.07) is 1.12. The Labute approximate surface area is 134 Å². The van der Waals surface area contributed by atoms with E-state index in [0.29, 0.717) is 12.1 Å². The number of guanidine groups is 1. The summed E-state index contributed by atoms with van der Waals surface area (Å²) >= 11 is 0. The van der Waals surface area contributed by atoms with E-state index in [1.54, 1.807) is 0 Å². The first-order valence-electron chi connectivity index (χ1n) is 7.16. The molecule has 0 saturated carbocycles. The predicted octanol–water partition coefficient (Wildman–Crippen LogP) is 0.568. The number of aliphatic imine (C=N–C) groups is 1. The molecule has 3 fully saturated rings. The second kappa shape index (κ2) is 8.26. The molecule has 3 rings (SSSR count).